The first-order valence-electron chi connectivity index (χ1n) is 8.09. The maximum Gasteiger partial charge on any atom is 0.324 e. The molecule has 2 rings (SSSR count). The van der Waals surface area contributed by atoms with Gasteiger partial charge in [-0.1, -0.05) is 17.7 Å². The smallest absolute Gasteiger partial charge is 0.324 e. The van der Waals surface area contributed by atoms with Crippen molar-refractivity contribution in [1.82, 2.24) is 4.72 Å². The second-order valence-corrected chi connectivity index (χ2v) is 7.84. The molecule has 150 valence electrons. The molecule has 0 fully saturated rings. The van der Waals surface area contributed by atoms with E-state index in [0.29, 0.717) is 16.5 Å². The number of hydrogen-bond acceptors (Lipinski definition) is 6. The van der Waals surface area contributed by atoms with E-state index in [9.17, 15) is 18.0 Å². The number of carbonyl (C=O) groups is 2. The molecule has 0 aliphatic heterocycles. The number of esters is 1. The summed E-state index contributed by atoms with van der Waals surface area (Å²) in [4.78, 5) is 23.8. The van der Waals surface area contributed by atoms with Crippen molar-refractivity contribution in [1.29, 1.82) is 0 Å². The SMILES string of the molecule is COc1ccc(S(=O)(=O)N[C@@H](C)C(=O)OCC(=O)Nc2cccc(Cl)c2)cc1. The van der Waals surface area contributed by atoms with E-state index < -0.39 is 34.5 Å². The van der Waals surface area contributed by atoms with Gasteiger partial charge in [0.2, 0.25) is 10.0 Å². The molecule has 28 heavy (non-hydrogen) atoms. The highest BCUT2D eigenvalue weighted by molar-refractivity contribution is 7.89. The second-order valence-electron chi connectivity index (χ2n) is 5.68. The number of halogens is 1. The Morgan fingerprint density at radius 2 is 1.82 bits per heavy atom. The minimum atomic E-state index is -3.94. The molecule has 0 aromatic heterocycles. The first-order valence-corrected chi connectivity index (χ1v) is 9.96. The van der Waals surface area contributed by atoms with Gasteiger partial charge in [0.1, 0.15) is 11.8 Å². The van der Waals surface area contributed by atoms with Crippen LogP contribution in [0.1, 0.15) is 6.92 Å². The number of rotatable bonds is 8. The van der Waals surface area contributed by atoms with Crippen LogP contribution in [0.4, 0.5) is 5.69 Å². The molecule has 2 aromatic rings. The molecule has 0 bridgehead atoms. The van der Waals surface area contributed by atoms with E-state index in [4.69, 9.17) is 21.1 Å². The molecule has 8 nitrogen and oxygen atoms in total. The Morgan fingerprint density at radius 3 is 2.43 bits per heavy atom. The van der Waals surface area contributed by atoms with Crippen LogP contribution in [0.5, 0.6) is 5.75 Å². The van der Waals surface area contributed by atoms with Gasteiger partial charge in [0, 0.05) is 10.7 Å². The van der Waals surface area contributed by atoms with E-state index in [2.05, 4.69) is 10.0 Å². The van der Waals surface area contributed by atoms with E-state index in [1.165, 1.54) is 44.4 Å². The normalized spacial score (nSPS) is 12.1. The van der Waals surface area contributed by atoms with Crippen molar-refractivity contribution in [3.05, 3.63) is 53.6 Å². The highest BCUT2D eigenvalue weighted by Gasteiger charge is 2.23. The van der Waals surface area contributed by atoms with E-state index >= 15 is 0 Å². The molecule has 0 aliphatic rings. The maximum atomic E-state index is 12.3. The summed E-state index contributed by atoms with van der Waals surface area (Å²) in [6.45, 7) is 0.748. The predicted octanol–water partition coefficient (Wildman–Crippen LogP) is 2.20. The molecule has 10 heteroatoms. The summed E-state index contributed by atoms with van der Waals surface area (Å²) in [5, 5.41) is 2.95. The number of nitrogens with one attached hydrogen (secondary N) is 2. The van der Waals surface area contributed by atoms with Crippen LogP contribution in [0.2, 0.25) is 5.02 Å². The van der Waals surface area contributed by atoms with Crippen LogP contribution in [0.3, 0.4) is 0 Å². The number of amides is 1. The Labute approximate surface area is 167 Å². The number of methoxy groups -OCH3 is 1. The summed E-state index contributed by atoms with van der Waals surface area (Å²) in [5.41, 5.74) is 0.446. The van der Waals surface area contributed by atoms with Crippen LogP contribution >= 0.6 is 11.6 Å². The average molecular weight is 427 g/mol. The fourth-order valence-electron chi connectivity index (χ4n) is 2.13. The maximum absolute atomic E-state index is 12.3. The van der Waals surface area contributed by atoms with Gasteiger partial charge in [0.25, 0.3) is 5.91 Å². The first kappa shape index (κ1) is 21.7. The molecule has 2 N–H and O–H groups in total. The fourth-order valence-corrected chi connectivity index (χ4v) is 3.51. The molecule has 0 saturated carbocycles. The predicted molar refractivity (Wildman–Crippen MR) is 104 cm³/mol. The molecule has 0 aliphatic carbocycles. The molecular weight excluding hydrogens is 408 g/mol. The van der Waals surface area contributed by atoms with Crippen molar-refractivity contribution in [3.8, 4) is 5.75 Å². The van der Waals surface area contributed by atoms with Crippen molar-refractivity contribution in [2.45, 2.75) is 17.9 Å². The van der Waals surface area contributed by atoms with Crippen LogP contribution in [-0.4, -0.2) is 40.1 Å². The van der Waals surface area contributed by atoms with E-state index in [-0.39, 0.29) is 4.90 Å². The Hall–Kier alpha value is -2.62. The largest absolute Gasteiger partial charge is 0.497 e. The number of benzene rings is 2. The Kier molecular flexibility index (Phi) is 7.38. The third-order valence-corrected chi connectivity index (χ3v) is 5.30. The average Bonchev–Trinajstić information content (AvgIpc) is 2.65. The van der Waals surface area contributed by atoms with Gasteiger partial charge in [-0.15, -0.1) is 0 Å². The second kappa shape index (κ2) is 9.54. The van der Waals surface area contributed by atoms with Crippen LogP contribution < -0.4 is 14.8 Å². The Morgan fingerprint density at radius 1 is 1.14 bits per heavy atom. The molecule has 1 atom stereocenters. The molecule has 0 radical (unpaired) electrons. The standard InChI is InChI=1S/C18H19ClN2O6S/c1-12(21-28(24,25)16-8-6-15(26-2)7-9-16)18(23)27-11-17(22)20-14-5-3-4-13(19)10-14/h3-10,12,21H,11H2,1-2H3,(H,20,22)/t12-/m0/s1. The zero-order valence-electron chi connectivity index (χ0n) is 15.1. The first-order chi connectivity index (χ1) is 13.2. The van der Waals surface area contributed by atoms with Crippen LogP contribution in [0, 0.1) is 0 Å². The summed E-state index contributed by atoms with van der Waals surface area (Å²) < 4.78 is 36.6. The van der Waals surface area contributed by atoms with Gasteiger partial charge in [0.15, 0.2) is 6.61 Å². The molecule has 0 heterocycles. The quantitative estimate of drug-likeness (QED) is 0.626. The van der Waals surface area contributed by atoms with Gasteiger partial charge >= 0.3 is 5.97 Å². The lowest BCUT2D eigenvalue weighted by atomic mass is 10.3. The molecular formula is C18H19ClN2O6S. The number of sulfonamides is 1. The molecule has 0 spiro atoms. The zero-order chi connectivity index (χ0) is 20.7. The van der Waals surface area contributed by atoms with Crippen molar-refractivity contribution >= 4 is 39.2 Å². The summed E-state index contributed by atoms with van der Waals surface area (Å²) in [6.07, 6.45) is 0. The number of ether oxygens (including phenoxy) is 2. The van der Waals surface area contributed by atoms with Gasteiger partial charge in [-0.25, -0.2) is 8.42 Å². The van der Waals surface area contributed by atoms with Crippen molar-refractivity contribution in [2.24, 2.45) is 0 Å². The summed E-state index contributed by atoms with van der Waals surface area (Å²) in [7, 11) is -2.48. The summed E-state index contributed by atoms with van der Waals surface area (Å²) in [5.74, 6) is -0.976. The van der Waals surface area contributed by atoms with Gasteiger partial charge in [-0.2, -0.15) is 4.72 Å². The highest BCUT2D eigenvalue weighted by Crippen LogP contribution is 2.16. The van der Waals surface area contributed by atoms with E-state index in [0.717, 1.165) is 0 Å². The fraction of sp³-hybridized carbons (Fsp3) is 0.222. The summed E-state index contributed by atoms with van der Waals surface area (Å²) in [6, 6.07) is 10.9. The van der Waals surface area contributed by atoms with Crippen LogP contribution in [0.15, 0.2) is 53.4 Å². The number of carbonyl (C=O) groups excluding carboxylic acids is 2. The molecule has 1 amide bonds. The lowest BCUT2D eigenvalue weighted by Gasteiger charge is -2.14. The number of anilines is 1. The summed E-state index contributed by atoms with van der Waals surface area (Å²) >= 11 is 5.82. The van der Waals surface area contributed by atoms with Crippen LogP contribution in [-0.2, 0) is 24.3 Å². The molecule has 0 unspecified atom stereocenters. The third-order valence-electron chi connectivity index (χ3n) is 3.51. The van der Waals surface area contributed by atoms with Gasteiger partial charge in [-0.3, -0.25) is 9.59 Å². The van der Waals surface area contributed by atoms with E-state index in [1.54, 1.807) is 18.2 Å². The minimum Gasteiger partial charge on any atom is -0.497 e. The number of hydrogen-bond donors (Lipinski definition) is 2. The van der Waals surface area contributed by atoms with E-state index in [1.807, 2.05) is 0 Å². The third kappa shape index (κ3) is 6.22. The van der Waals surface area contributed by atoms with Crippen molar-refractivity contribution in [3.63, 3.8) is 0 Å². The molecule has 2 aromatic carbocycles. The van der Waals surface area contributed by atoms with Gasteiger partial charge < -0.3 is 14.8 Å². The minimum absolute atomic E-state index is 0.0355. The Balaban J connectivity index is 1.88. The van der Waals surface area contributed by atoms with Gasteiger partial charge in [0.05, 0.1) is 12.0 Å². The monoisotopic (exact) mass is 426 g/mol. The van der Waals surface area contributed by atoms with Crippen LogP contribution in [0.25, 0.3) is 0 Å². The topological polar surface area (TPSA) is 111 Å². The highest BCUT2D eigenvalue weighted by atomic mass is 35.5. The van der Waals surface area contributed by atoms with Crippen molar-refractivity contribution in [2.75, 3.05) is 19.0 Å². The molecule has 0 saturated heterocycles. The van der Waals surface area contributed by atoms with Gasteiger partial charge in [-0.05, 0) is 49.4 Å². The van der Waals surface area contributed by atoms with Crippen molar-refractivity contribution < 1.29 is 27.5 Å². The zero-order valence-corrected chi connectivity index (χ0v) is 16.7. The lowest BCUT2D eigenvalue weighted by molar-refractivity contribution is -0.148. The Bertz CT molecular complexity index is 947. The lowest BCUT2D eigenvalue weighted by Crippen LogP contribution is -2.40.